The van der Waals surface area contributed by atoms with Crippen molar-refractivity contribution in [3.05, 3.63) is 35.5 Å². The highest BCUT2D eigenvalue weighted by Crippen LogP contribution is 2.42. The molecule has 0 radical (unpaired) electrons. The highest BCUT2D eigenvalue weighted by Gasteiger charge is 2.30. The number of hydrogen-bond acceptors (Lipinski definition) is 4. The van der Waals surface area contributed by atoms with E-state index in [9.17, 15) is 4.79 Å². The molecule has 114 valence electrons. The van der Waals surface area contributed by atoms with Crippen LogP contribution in [0.25, 0.3) is 11.3 Å². The topological polar surface area (TPSA) is 47.4 Å². The first-order chi connectivity index (χ1) is 10.8. The predicted octanol–water partition coefficient (Wildman–Crippen LogP) is 2.17. The van der Waals surface area contributed by atoms with Crippen LogP contribution in [0.5, 0.6) is 0 Å². The minimum atomic E-state index is 0.0279. The molecule has 0 saturated carbocycles. The van der Waals surface area contributed by atoms with Crippen LogP contribution in [-0.4, -0.2) is 46.9 Å². The van der Waals surface area contributed by atoms with Gasteiger partial charge in [-0.25, -0.2) is 0 Å². The maximum absolute atomic E-state index is 12.8. The zero-order valence-electron chi connectivity index (χ0n) is 12.4. The second-order valence-corrected chi connectivity index (χ2v) is 6.51. The summed E-state index contributed by atoms with van der Waals surface area (Å²) in [6.45, 7) is 2.51. The Morgan fingerprint density at radius 1 is 1.27 bits per heavy atom. The molecule has 0 spiro atoms. The fraction of sp³-hybridized carbons (Fsp3) is 0.375. The summed E-state index contributed by atoms with van der Waals surface area (Å²) in [6, 6.07) is 8.31. The first-order valence-corrected chi connectivity index (χ1v) is 8.39. The molecule has 2 aliphatic heterocycles. The van der Waals surface area contributed by atoms with Crippen molar-refractivity contribution >= 4 is 17.7 Å². The summed E-state index contributed by atoms with van der Waals surface area (Å²) in [5.74, 6) is 0.825. The van der Waals surface area contributed by atoms with Crippen molar-refractivity contribution in [1.82, 2.24) is 14.7 Å². The number of nitrogens with zero attached hydrogens (tertiary/aromatic N) is 3. The lowest BCUT2D eigenvalue weighted by molar-refractivity contribution is 0.0298. The number of carbonyl (C=O) groups is 1. The smallest absolute Gasteiger partial charge is 0.274 e. The first kappa shape index (κ1) is 13.8. The van der Waals surface area contributed by atoms with Crippen molar-refractivity contribution in [3.8, 4) is 11.3 Å². The first-order valence-electron chi connectivity index (χ1n) is 7.41. The Hall–Kier alpha value is -1.79. The van der Waals surface area contributed by atoms with Gasteiger partial charge >= 0.3 is 0 Å². The third kappa shape index (κ3) is 2.14. The maximum Gasteiger partial charge on any atom is 0.274 e. The van der Waals surface area contributed by atoms with Gasteiger partial charge in [-0.15, -0.1) is 11.8 Å². The molecule has 0 N–H and O–H groups in total. The van der Waals surface area contributed by atoms with Gasteiger partial charge in [0.05, 0.1) is 18.9 Å². The highest BCUT2D eigenvalue weighted by atomic mass is 32.2. The molecule has 0 atom stereocenters. The second kappa shape index (κ2) is 5.44. The van der Waals surface area contributed by atoms with Gasteiger partial charge in [0.1, 0.15) is 0 Å². The lowest BCUT2D eigenvalue weighted by Gasteiger charge is -2.26. The fourth-order valence-corrected chi connectivity index (χ4v) is 4.14. The normalized spacial score (nSPS) is 17.0. The van der Waals surface area contributed by atoms with Crippen LogP contribution in [0.3, 0.4) is 0 Å². The van der Waals surface area contributed by atoms with E-state index in [1.165, 1.54) is 10.5 Å². The summed E-state index contributed by atoms with van der Waals surface area (Å²) >= 11 is 1.77. The van der Waals surface area contributed by atoms with E-state index in [1.807, 2.05) is 28.8 Å². The number of benzene rings is 1. The van der Waals surface area contributed by atoms with E-state index in [0.29, 0.717) is 32.0 Å². The van der Waals surface area contributed by atoms with Crippen LogP contribution in [0.2, 0.25) is 0 Å². The van der Waals surface area contributed by atoms with Crippen LogP contribution in [0.4, 0.5) is 0 Å². The Bertz CT molecular complexity index is 735. The van der Waals surface area contributed by atoms with Crippen molar-refractivity contribution in [1.29, 1.82) is 0 Å². The van der Waals surface area contributed by atoms with Crippen molar-refractivity contribution in [2.45, 2.75) is 10.6 Å². The van der Waals surface area contributed by atoms with Gasteiger partial charge in [0.25, 0.3) is 5.91 Å². The van der Waals surface area contributed by atoms with Crippen molar-refractivity contribution < 1.29 is 9.53 Å². The SMILES string of the molecule is Cn1nc(C(=O)N2CCOCC2)c2c1-c1ccccc1SC2. The quantitative estimate of drug-likeness (QED) is 0.809. The van der Waals surface area contributed by atoms with Gasteiger partial charge in [0.2, 0.25) is 0 Å². The van der Waals surface area contributed by atoms with Crippen molar-refractivity contribution in [3.63, 3.8) is 0 Å². The Morgan fingerprint density at radius 2 is 2.05 bits per heavy atom. The fourth-order valence-electron chi connectivity index (χ4n) is 3.07. The molecule has 0 aliphatic carbocycles. The third-order valence-electron chi connectivity index (χ3n) is 4.16. The number of fused-ring (bicyclic) bond motifs is 3. The Kier molecular flexibility index (Phi) is 3.43. The summed E-state index contributed by atoms with van der Waals surface area (Å²) in [7, 11) is 1.92. The predicted molar refractivity (Wildman–Crippen MR) is 84.9 cm³/mol. The van der Waals surface area contributed by atoms with Crippen LogP contribution in [0.1, 0.15) is 16.1 Å². The van der Waals surface area contributed by atoms with Crippen LogP contribution in [0, 0.1) is 0 Å². The number of amides is 1. The minimum Gasteiger partial charge on any atom is -0.378 e. The summed E-state index contributed by atoms with van der Waals surface area (Å²) < 4.78 is 7.18. The molecule has 6 heteroatoms. The number of hydrogen-bond donors (Lipinski definition) is 0. The van der Waals surface area contributed by atoms with E-state index in [1.54, 1.807) is 11.8 Å². The van der Waals surface area contributed by atoms with Gasteiger partial charge in [-0.1, -0.05) is 18.2 Å². The molecule has 5 nitrogen and oxygen atoms in total. The molecule has 1 aromatic heterocycles. The van der Waals surface area contributed by atoms with Crippen molar-refractivity contribution in [2.75, 3.05) is 26.3 Å². The summed E-state index contributed by atoms with van der Waals surface area (Å²) in [5, 5.41) is 4.54. The lowest BCUT2D eigenvalue weighted by Crippen LogP contribution is -2.41. The number of rotatable bonds is 1. The maximum atomic E-state index is 12.8. The largest absolute Gasteiger partial charge is 0.378 e. The van der Waals surface area contributed by atoms with Gasteiger partial charge in [0.15, 0.2) is 5.69 Å². The average Bonchev–Trinajstić information content (AvgIpc) is 2.92. The molecule has 1 aromatic carbocycles. The highest BCUT2D eigenvalue weighted by molar-refractivity contribution is 7.98. The Morgan fingerprint density at radius 3 is 2.86 bits per heavy atom. The molecule has 3 heterocycles. The van der Waals surface area contributed by atoms with E-state index in [0.717, 1.165) is 17.0 Å². The van der Waals surface area contributed by atoms with E-state index < -0.39 is 0 Å². The standard InChI is InChI=1S/C16H17N3O2S/c1-18-15-11-4-2-3-5-13(11)22-10-12(15)14(17-18)16(20)19-6-8-21-9-7-19/h2-5H,6-10H2,1H3. The van der Waals surface area contributed by atoms with E-state index in [-0.39, 0.29) is 5.91 Å². The number of ether oxygens (including phenoxy) is 1. The molecule has 22 heavy (non-hydrogen) atoms. The molecule has 2 aromatic rings. The third-order valence-corrected chi connectivity index (χ3v) is 5.26. The van der Waals surface area contributed by atoms with Crippen LogP contribution in [-0.2, 0) is 17.5 Å². The molecule has 2 aliphatic rings. The molecule has 1 amide bonds. The molecular formula is C16H17N3O2S. The molecular weight excluding hydrogens is 298 g/mol. The number of aromatic nitrogens is 2. The Balaban J connectivity index is 1.77. The lowest BCUT2D eigenvalue weighted by atomic mass is 10.1. The van der Waals surface area contributed by atoms with Gasteiger partial charge in [-0.05, 0) is 6.07 Å². The monoisotopic (exact) mass is 315 g/mol. The van der Waals surface area contributed by atoms with Gasteiger partial charge < -0.3 is 9.64 Å². The number of aryl methyl sites for hydroxylation is 1. The van der Waals surface area contributed by atoms with Crippen LogP contribution < -0.4 is 0 Å². The second-order valence-electron chi connectivity index (χ2n) is 5.49. The van der Waals surface area contributed by atoms with Gasteiger partial charge in [0, 0.05) is 41.9 Å². The summed E-state index contributed by atoms with van der Waals surface area (Å²) in [5.41, 5.74) is 3.90. The van der Waals surface area contributed by atoms with Gasteiger partial charge in [-0.3, -0.25) is 9.48 Å². The molecule has 0 bridgehead atoms. The number of thioether (sulfide) groups is 1. The molecule has 1 fully saturated rings. The minimum absolute atomic E-state index is 0.0279. The van der Waals surface area contributed by atoms with Crippen LogP contribution in [0.15, 0.2) is 29.2 Å². The molecule has 1 saturated heterocycles. The van der Waals surface area contributed by atoms with Crippen molar-refractivity contribution in [2.24, 2.45) is 7.05 Å². The van der Waals surface area contributed by atoms with E-state index >= 15 is 0 Å². The van der Waals surface area contributed by atoms with E-state index in [4.69, 9.17) is 4.74 Å². The number of carbonyl (C=O) groups excluding carboxylic acids is 1. The van der Waals surface area contributed by atoms with Crippen LogP contribution >= 0.6 is 11.8 Å². The summed E-state index contributed by atoms with van der Waals surface area (Å²) in [4.78, 5) is 15.9. The van der Waals surface area contributed by atoms with E-state index in [2.05, 4.69) is 17.2 Å². The molecule has 4 rings (SSSR count). The zero-order chi connectivity index (χ0) is 15.1. The van der Waals surface area contributed by atoms with Gasteiger partial charge in [-0.2, -0.15) is 5.10 Å². The average molecular weight is 315 g/mol. The summed E-state index contributed by atoms with van der Waals surface area (Å²) in [6.07, 6.45) is 0. The Labute approximate surface area is 133 Å². The number of morpholine rings is 1. The zero-order valence-corrected chi connectivity index (χ0v) is 13.2. The molecule has 0 unspecified atom stereocenters.